The summed E-state index contributed by atoms with van der Waals surface area (Å²) >= 11 is 0. The largest absolute Gasteiger partial charge is 0.355 e. The molecule has 0 aliphatic carbocycles. The minimum Gasteiger partial charge on any atom is -0.355 e. The molecule has 0 radical (unpaired) electrons. The van der Waals surface area contributed by atoms with E-state index in [2.05, 4.69) is 78.2 Å². The van der Waals surface area contributed by atoms with Crippen molar-refractivity contribution in [2.75, 3.05) is 31.5 Å². The van der Waals surface area contributed by atoms with Gasteiger partial charge >= 0.3 is 0 Å². The topological polar surface area (TPSA) is 44.4 Å². The predicted molar refractivity (Wildman–Crippen MR) is 143 cm³/mol. The highest BCUT2D eigenvalue weighted by Gasteiger charge is 2.19. The average Bonchev–Trinajstić information content (AvgIpc) is 2.88. The standard InChI is InChI=1S/C30H35N3O/c1-4-33(5-2)30(34)25-16-14-23(15-17-25)29(24-18-20-31-21-19-24)26-11-7-9-13-28(26)32-27-12-8-6-10-22(27)3/h6-17,31-32H,4-5,18-21H2,1-3H3. The maximum absolute atomic E-state index is 12.8. The first kappa shape index (κ1) is 23.8. The van der Waals surface area contributed by atoms with Crippen molar-refractivity contribution >= 4 is 22.9 Å². The van der Waals surface area contributed by atoms with Crippen LogP contribution in [0.25, 0.3) is 5.57 Å². The molecule has 0 bridgehead atoms. The van der Waals surface area contributed by atoms with Gasteiger partial charge in [0.2, 0.25) is 0 Å². The summed E-state index contributed by atoms with van der Waals surface area (Å²) in [5.74, 6) is 0.0919. The average molecular weight is 454 g/mol. The van der Waals surface area contributed by atoms with Gasteiger partial charge in [-0.2, -0.15) is 0 Å². The molecule has 0 aromatic heterocycles. The van der Waals surface area contributed by atoms with E-state index in [0.29, 0.717) is 0 Å². The predicted octanol–water partition coefficient (Wildman–Crippen LogP) is 6.41. The van der Waals surface area contributed by atoms with E-state index in [0.717, 1.165) is 61.5 Å². The first-order valence-corrected chi connectivity index (χ1v) is 12.4. The highest BCUT2D eigenvalue weighted by atomic mass is 16.2. The number of aryl methyl sites for hydroxylation is 1. The summed E-state index contributed by atoms with van der Waals surface area (Å²) in [7, 11) is 0. The van der Waals surface area contributed by atoms with Gasteiger partial charge in [-0.15, -0.1) is 0 Å². The third kappa shape index (κ3) is 5.23. The number of para-hydroxylation sites is 2. The summed E-state index contributed by atoms with van der Waals surface area (Å²) < 4.78 is 0. The molecule has 176 valence electrons. The number of anilines is 2. The number of hydrogen-bond donors (Lipinski definition) is 2. The van der Waals surface area contributed by atoms with Gasteiger partial charge in [0.15, 0.2) is 0 Å². The number of nitrogens with zero attached hydrogens (tertiary/aromatic N) is 1. The fourth-order valence-electron chi connectivity index (χ4n) is 4.67. The molecule has 1 aliphatic heterocycles. The number of benzene rings is 3. The smallest absolute Gasteiger partial charge is 0.253 e. The minimum absolute atomic E-state index is 0.0919. The molecule has 4 heteroatoms. The number of nitrogens with one attached hydrogen (secondary N) is 2. The van der Waals surface area contributed by atoms with Crippen molar-refractivity contribution in [3.63, 3.8) is 0 Å². The Kier molecular flexibility index (Phi) is 7.81. The van der Waals surface area contributed by atoms with Crippen LogP contribution >= 0.6 is 0 Å². The SMILES string of the molecule is CCN(CC)C(=O)c1ccc(C(=C2CCNCC2)c2ccccc2Nc2ccccc2C)cc1. The van der Waals surface area contributed by atoms with E-state index in [9.17, 15) is 4.79 Å². The van der Waals surface area contributed by atoms with Crippen LogP contribution in [0, 0.1) is 6.92 Å². The van der Waals surface area contributed by atoms with Crippen LogP contribution < -0.4 is 10.6 Å². The second-order valence-electron chi connectivity index (χ2n) is 8.77. The second kappa shape index (κ2) is 11.2. The van der Waals surface area contributed by atoms with Crippen molar-refractivity contribution in [1.29, 1.82) is 0 Å². The summed E-state index contributed by atoms with van der Waals surface area (Å²) in [6.07, 6.45) is 2.04. The lowest BCUT2D eigenvalue weighted by Crippen LogP contribution is -2.30. The van der Waals surface area contributed by atoms with E-state index in [1.54, 1.807) is 0 Å². The molecule has 3 aromatic rings. The first-order valence-electron chi connectivity index (χ1n) is 12.4. The van der Waals surface area contributed by atoms with Crippen LogP contribution in [-0.2, 0) is 0 Å². The normalized spacial score (nSPS) is 13.4. The van der Waals surface area contributed by atoms with E-state index < -0.39 is 0 Å². The lowest BCUT2D eigenvalue weighted by molar-refractivity contribution is 0.0773. The van der Waals surface area contributed by atoms with Gasteiger partial charge in [-0.25, -0.2) is 0 Å². The van der Waals surface area contributed by atoms with Crippen molar-refractivity contribution in [3.05, 3.63) is 101 Å². The zero-order chi connectivity index (χ0) is 23.9. The third-order valence-corrected chi connectivity index (χ3v) is 6.64. The van der Waals surface area contributed by atoms with Crippen molar-refractivity contribution < 1.29 is 4.79 Å². The fourth-order valence-corrected chi connectivity index (χ4v) is 4.67. The van der Waals surface area contributed by atoms with E-state index in [4.69, 9.17) is 0 Å². The lowest BCUT2D eigenvalue weighted by Gasteiger charge is -2.24. The van der Waals surface area contributed by atoms with Crippen molar-refractivity contribution in [3.8, 4) is 0 Å². The third-order valence-electron chi connectivity index (χ3n) is 6.64. The minimum atomic E-state index is 0.0919. The van der Waals surface area contributed by atoms with Gasteiger partial charge in [-0.1, -0.05) is 54.1 Å². The van der Waals surface area contributed by atoms with Gasteiger partial charge in [0.05, 0.1) is 0 Å². The lowest BCUT2D eigenvalue weighted by atomic mass is 9.87. The van der Waals surface area contributed by atoms with Gasteiger partial charge in [0.25, 0.3) is 5.91 Å². The Morgan fingerprint density at radius 2 is 1.41 bits per heavy atom. The summed E-state index contributed by atoms with van der Waals surface area (Å²) in [6, 6.07) is 25.1. The van der Waals surface area contributed by atoms with E-state index in [1.165, 1.54) is 22.3 Å². The molecule has 0 unspecified atom stereocenters. The summed E-state index contributed by atoms with van der Waals surface area (Å²) in [4.78, 5) is 14.7. The monoisotopic (exact) mass is 453 g/mol. The molecule has 0 saturated carbocycles. The molecule has 0 atom stereocenters. The summed E-state index contributed by atoms with van der Waals surface area (Å²) in [6.45, 7) is 9.59. The van der Waals surface area contributed by atoms with Crippen molar-refractivity contribution in [2.24, 2.45) is 0 Å². The molecule has 1 fully saturated rings. The quantitative estimate of drug-likeness (QED) is 0.435. The molecule has 4 nitrogen and oxygen atoms in total. The maximum Gasteiger partial charge on any atom is 0.253 e. The van der Waals surface area contributed by atoms with Crippen molar-refractivity contribution in [1.82, 2.24) is 10.2 Å². The van der Waals surface area contributed by atoms with Crippen LogP contribution in [-0.4, -0.2) is 37.0 Å². The first-order chi connectivity index (χ1) is 16.6. The molecular formula is C30H35N3O. The van der Waals surface area contributed by atoms with Crippen molar-refractivity contribution in [2.45, 2.75) is 33.6 Å². The molecule has 1 amide bonds. The van der Waals surface area contributed by atoms with Gasteiger partial charge in [-0.05, 0) is 87.7 Å². The number of carbonyl (C=O) groups is 1. The highest BCUT2D eigenvalue weighted by molar-refractivity contribution is 5.95. The van der Waals surface area contributed by atoms with Crippen LogP contribution in [0.5, 0.6) is 0 Å². The maximum atomic E-state index is 12.8. The summed E-state index contributed by atoms with van der Waals surface area (Å²) in [5, 5.41) is 7.16. The Morgan fingerprint density at radius 1 is 0.824 bits per heavy atom. The zero-order valence-corrected chi connectivity index (χ0v) is 20.5. The van der Waals surface area contributed by atoms with Crippen LogP contribution in [0.1, 0.15) is 53.7 Å². The zero-order valence-electron chi connectivity index (χ0n) is 20.5. The number of rotatable bonds is 7. The fraction of sp³-hybridized carbons (Fsp3) is 0.300. The Morgan fingerprint density at radius 3 is 2.06 bits per heavy atom. The number of piperidine rings is 1. The summed E-state index contributed by atoms with van der Waals surface area (Å²) in [5.41, 5.74) is 9.27. The van der Waals surface area contributed by atoms with E-state index in [-0.39, 0.29) is 5.91 Å². The van der Waals surface area contributed by atoms with E-state index >= 15 is 0 Å². The van der Waals surface area contributed by atoms with Gasteiger partial charge < -0.3 is 15.5 Å². The Hall–Kier alpha value is -3.37. The van der Waals surface area contributed by atoms with Gasteiger partial charge in [0, 0.05) is 35.6 Å². The molecule has 3 aromatic carbocycles. The molecule has 1 aliphatic rings. The second-order valence-corrected chi connectivity index (χ2v) is 8.77. The Balaban J connectivity index is 1.76. The highest BCUT2D eigenvalue weighted by Crippen LogP contribution is 2.36. The Labute approximate surface area is 203 Å². The molecule has 34 heavy (non-hydrogen) atoms. The molecular weight excluding hydrogens is 418 g/mol. The van der Waals surface area contributed by atoms with E-state index in [1.807, 2.05) is 30.9 Å². The molecule has 0 spiro atoms. The Bertz CT molecular complexity index is 1150. The molecule has 4 rings (SSSR count). The molecule has 1 saturated heterocycles. The van der Waals surface area contributed by atoms with Gasteiger partial charge in [0.1, 0.15) is 0 Å². The number of amides is 1. The van der Waals surface area contributed by atoms with Crippen LogP contribution in [0.15, 0.2) is 78.4 Å². The van der Waals surface area contributed by atoms with Crippen LogP contribution in [0.3, 0.4) is 0 Å². The molecule has 1 heterocycles. The number of carbonyl (C=O) groups excluding carboxylic acids is 1. The molecule has 2 N–H and O–H groups in total. The van der Waals surface area contributed by atoms with Crippen LogP contribution in [0.4, 0.5) is 11.4 Å². The van der Waals surface area contributed by atoms with Crippen LogP contribution in [0.2, 0.25) is 0 Å². The van der Waals surface area contributed by atoms with Gasteiger partial charge in [-0.3, -0.25) is 4.79 Å². The number of hydrogen-bond acceptors (Lipinski definition) is 3.